The van der Waals surface area contributed by atoms with E-state index in [9.17, 15) is 10.2 Å². The van der Waals surface area contributed by atoms with Gasteiger partial charge in [-0.2, -0.15) is 4.98 Å². The van der Waals surface area contributed by atoms with Gasteiger partial charge in [-0.25, -0.2) is 4.98 Å². The maximum atomic E-state index is 9.62. The lowest BCUT2D eigenvalue weighted by Crippen LogP contribution is -2.29. The van der Waals surface area contributed by atoms with E-state index < -0.39 is 0 Å². The molecule has 1 fully saturated rings. The SMILES string of the molecule is OCc1ccc2c(ccn2-c2ccnc(N[C@H]3CC[C@H](O)CC3)n2)c1. The Morgan fingerprint density at radius 1 is 1.12 bits per heavy atom. The fourth-order valence-corrected chi connectivity index (χ4v) is 3.45. The van der Waals surface area contributed by atoms with Crippen molar-refractivity contribution in [3.63, 3.8) is 0 Å². The average Bonchev–Trinajstić information content (AvgIpc) is 3.07. The van der Waals surface area contributed by atoms with Gasteiger partial charge in [0, 0.05) is 23.8 Å². The molecule has 2 heterocycles. The number of aliphatic hydroxyl groups excluding tert-OH is 2. The third-order valence-corrected chi connectivity index (χ3v) is 4.85. The quantitative estimate of drug-likeness (QED) is 0.681. The molecule has 1 aliphatic rings. The van der Waals surface area contributed by atoms with E-state index in [-0.39, 0.29) is 12.7 Å². The summed E-state index contributed by atoms with van der Waals surface area (Å²) in [5, 5.41) is 23.4. The lowest BCUT2D eigenvalue weighted by atomic mass is 9.93. The smallest absolute Gasteiger partial charge is 0.224 e. The summed E-state index contributed by atoms with van der Waals surface area (Å²) in [5.74, 6) is 1.42. The van der Waals surface area contributed by atoms with Gasteiger partial charge in [0.2, 0.25) is 5.95 Å². The van der Waals surface area contributed by atoms with Gasteiger partial charge >= 0.3 is 0 Å². The lowest BCUT2D eigenvalue weighted by molar-refractivity contribution is 0.126. The molecule has 4 rings (SSSR count). The van der Waals surface area contributed by atoms with E-state index >= 15 is 0 Å². The van der Waals surface area contributed by atoms with Gasteiger partial charge < -0.3 is 20.1 Å². The molecule has 0 unspecified atom stereocenters. The highest BCUT2D eigenvalue weighted by Crippen LogP contribution is 2.23. The highest BCUT2D eigenvalue weighted by atomic mass is 16.3. The van der Waals surface area contributed by atoms with Gasteiger partial charge in [0.1, 0.15) is 5.82 Å². The van der Waals surface area contributed by atoms with Crippen LogP contribution in [0, 0.1) is 0 Å². The Balaban J connectivity index is 1.59. The first-order chi connectivity index (χ1) is 12.2. The van der Waals surface area contributed by atoms with Crippen molar-refractivity contribution in [3.05, 3.63) is 48.3 Å². The Morgan fingerprint density at radius 2 is 1.96 bits per heavy atom. The van der Waals surface area contributed by atoms with E-state index in [1.165, 1.54) is 0 Å². The molecule has 1 saturated carbocycles. The summed E-state index contributed by atoms with van der Waals surface area (Å²) in [7, 11) is 0. The fraction of sp³-hybridized carbons (Fsp3) is 0.368. The van der Waals surface area contributed by atoms with Crippen LogP contribution in [-0.2, 0) is 6.61 Å². The van der Waals surface area contributed by atoms with Gasteiger partial charge in [-0.05, 0) is 55.5 Å². The van der Waals surface area contributed by atoms with E-state index in [1.807, 2.05) is 41.1 Å². The summed E-state index contributed by atoms with van der Waals surface area (Å²) in [6.45, 7) is 0.0405. The Labute approximate surface area is 146 Å². The van der Waals surface area contributed by atoms with Crippen molar-refractivity contribution in [1.29, 1.82) is 0 Å². The number of nitrogens with one attached hydrogen (secondary N) is 1. The molecule has 0 saturated heterocycles. The summed E-state index contributed by atoms with van der Waals surface area (Å²) < 4.78 is 2.02. The molecule has 3 aromatic rings. The molecule has 25 heavy (non-hydrogen) atoms. The molecule has 130 valence electrons. The van der Waals surface area contributed by atoms with Gasteiger partial charge in [-0.15, -0.1) is 0 Å². The van der Waals surface area contributed by atoms with Crippen molar-refractivity contribution >= 4 is 16.9 Å². The molecule has 6 heteroatoms. The first kappa shape index (κ1) is 16.1. The molecule has 0 amide bonds. The molecule has 1 aromatic carbocycles. The normalized spacial score (nSPS) is 20.7. The van der Waals surface area contributed by atoms with Crippen LogP contribution in [0.3, 0.4) is 0 Å². The molecule has 1 aliphatic carbocycles. The zero-order valence-electron chi connectivity index (χ0n) is 14.0. The number of nitrogens with zero attached hydrogens (tertiary/aromatic N) is 3. The average molecular weight is 338 g/mol. The van der Waals surface area contributed by atoms with E-state index in [2.05, 4.69) is 15.3 Å². The van der Waals surface area contributed by atoms with Gasteiger partial charge in [-0.3, -0.25) is 0 Å². The molecule has 0 spiro atoms. The second-order valence-corrected chi connectivity index (χ2v) is 6.63. The van der Waals surface area contributed by atoms with E-state index in [0.29, 0.717) is 12.0 Å². The second-order valence-electron chi connectivity index (χ2n) is 6.63. The number of anilines is 1. The Morgan fingerprint density at radius 3 is 2.76 bits per heavy atom. The van der Waals surface area contributed by atoms with Gasteiger partial charge in [0.05, 0.1) is 18.2 Å². The largest absolute Gasteiger partial charge is 0.393 e. The van der Waals surface area contributed by atoms with Gasteiger partial charge in [0.15, 0.2) is 0 Å². The lowest BCUT2D eigenvalue weighted by Gasteiger charge is -2.26. The fourth-order valence-electron chi connectivity index (χ4n) is 3.45. The maximum Gasteiger partial charge on any atom is 0.224 e. The van der Waals surface area contributed by atoms with E-state index in [4.69, 9.17) is 0 Å². The monoisotopic (exact) mass is 338 g/mol. The van der Waals surface area contributed by atoms with Gasteiger partial charge in [-0.1, -0.05) is 6.07 Å². The number of fused-ring (bicyclic) bond motifs is 1. The van der Waals surface area contributed by atoms with Gasteiger partial charge in [0.25, 0.3) is 0 Å². The number of hydrogen-bond acceptors (Lipinski definition) is 5. The van der Waals surface area contributed by atoms with Crippen LogP contribution in [-0.4, -0.2) is 36.9 Å². The predicted octanol–water partition coefficient (Wildman–Crippen LogP) is 2.63. The second kappa shape index (κ2) is 6.82. The molecular formula is C19H22N4O2. The molecular weight excluding hydrogens is 316 g/mol. The van der Waals surface area contributed by atoms with Crippen molar-refractivity contribution in [2.24, 2.45) is 0 Å². The number of aromatic nitrogens is 3. The highest BCUT2D eigenvalue weighted by Gasteiger charge is 2.20. The summed E-state index contributed by atoms with van der Waals surface area (Å²) in [4.78, 5) is 8.99. The van der Waals surface area contributed by atoms with Crippen molar-refractivity contribution < 1.29 is 10.2 Å². The van der Waals surface area contributed by atoms with Crippen LogP contribution < -0.4 is 5.32 Å². The van der Waals surface area contributed by atoms with Crippen LogP contribution in [0.5, 0.6) is 0 Å². The Hall–Kier alpha value is -2.44. The molecule has 0 bridgehead atoms. The first-order valence-corrected chi connectivity index (χ1v) is 8.72. The Bertz CT molecular complexity index is 869. The standard InChI is InChI=1S/C19H22N4O2/c24-12-13-1-6-17-14(11-13)8-10-23(17)18-7-9-20-19(22-18)21-15-2-4-16(25)5-3-15/h1,6-11,15-16,24-25H,2-5,12H2,(H,20,21,22)/t15-,16-. The minimum Gasteiger partial charge on any atom is -0.393 e. The number of rotatable bonds is 4. The zero-order chi connectivity index (χ0) is 17.2. The van der Waals surface area contributed by atoms with Crippen LogP contribution >= 0.6 is 0 Å². The number of aliphatic hydroxyl groups is 2. The van der Waals surface area contributed by atoms with E-state index in [0.717, 1.165) is 48.0 Å². The summed E-state index contributed by atoms with van der Waals surface area (Å²) in [5.41, 5.74) is 1.94. The molecule has 0 aliphatic heterocycles. The first-order valence-electron chi connectivity index (χ1n) is 8.72. The number of benzene rings is 1. The van der Waals surface area contributed by atoms with Crippen molar-refractivity contribution in [2.75, 3.05) is 5.32 Å². The van der Waals surface area contributed by atoms with Crippen LogP contribution in [0.15, 0.2) is 42.7 Å². The minimum atomic E-state index is -0.166. The van der Waals surface area contributed by atoms with Crippen LogP contribution in [0.1, 0.15) is 31.2 Å². The highest BCUT2D eigenvalue weighted by molar-refractivity contribution is 5.82. The van der Waals surface area contributed by atoms with Crippen molar-refractivity contribution in [3.8, 4) is 5.82 Å². The predicted molar refractivity (Wildman–Crippen MR) is 96.7 cm³/mol. The summed E-state index contributed by atoms with van der Waals surface area (Å²) in [6, 6.07) is 10.1. The maximum absolute atomic E-state index is 9.62. The summed E-state index contributed by atoms with van der Waals surface area (Å²) in [6.07, 6.45) is 7.10. The molecule has 0 atom stereocenters. The Kier molecular flexibility index (Phi) is 4.38. The summed E-state index contributed by atoms with van der Waals surface area (Å²) >= 11 is 0. The molecule has 3 N–H and O–H groups in total. The van der Waals surface area contributed by atoms with Crippen LogP contribution in [0.2, 0.25) is 0 Å². The van der Waals surface area contributed by atoms with Crippen LogP contribution in [0.4, 0.5) is 5.95 Å². The van der Waals surface area contributed by atoms with Crippen molar-refractivity contribution in [2.45, 2.75) is 44.4 Å². The van der Waals surface area contributed by atoms with Crippen LogP contribution in [0.25, 0.3) is 16.7 Å². The molecule has 0 radical (unpaired) electrons. The topological polar surface area (TPSA) is 83.2 Å². The minimum absolute atomic E-state index is 0.0405. The molecule has 2 aromatic heterocycles. The third kappa shape index (κ3) is 3.36. The zero-order valence-corrected chi connectivity index (χ0v) is 14.0. The number of hydrogen-bond donors (Lipinski definition) is 3. The third-order valence-electron chi connectivity index (χ3n) is 4.85. The van der Waals surface area contributed by atoms with E-state index in [1.54, 1.807) is 6.20 Å². The van der Waals surface area contributed by atoms with Crippen molar-refractivity contribution in [1.82, 2.24) is 14.5 Å². The molecule has 6 nitrogen and oxygen atoms in total.